The summed E-state index contributed by atoms with van der Waals surface area (Å²) < 4.78 is 1.93. The van der Waals surface area contributed by atoms with Crippen LogP contribution >= 0.6 is 0 Å². The van der Waals surface area contributed by atoms with Crippen molar-refractivity contribution in [3.8, 4) is 0 Å². The fourth-order valence-electron chi connectivity index (χ4n) is 1.11. The minimum absolute atomic E-state index is 0.208. The van der Waals surface area contributed by atoms with Crippen LogP contribution in [0.5, 0.6) is 0 Å². The van der Waals surface area contributed by atoms with Crippen LogP contribution in [0, 0.1) is 0 Å². The van der Waals surface area contributed by atoms with Gasteiger partial charge in [-0.15, -0.1) is 0 Å². The lowest BCUT2D eigenvalue weighted by Crippen LogP contribution is -1.95. The fraction of sp³-hybridized carbons (Fsp3) is 0.500. The van der Waals surface area contributed by atoms with Crippen LogP contribution in [-0.2, 0) is 6.54 Å². The minimum atomic E-state index is 0.208. The van der Waals surface area contributed by atoms with Crippen molar-refractivity contribution in [1.82, 2.24) is 9.78 Å². The van der Waals surface area contributed by atoms with E-state index in [9.17, 15) is 0 Å². The summed E-state index contributed by atoms with van der Waals surface area (Å²) in [5.41, 5.74) is 1.10. The highest BCUT2D eigenvalue weighted by Gasteiger charge is 1.92. The predicted octanol–water partition coefficient (Wildman–Crippen LogP) is 1.69. The smallest absolute Gasteiger partial charge is 0.0562 e. The van der Waals surface area contributed by atoms with Crippen LogP contribution in [0.15, 0.2) is 18.5 Å². The minimum Gasteiger partial charge on any atom is -0.396 e. The Kier molecular flexibility index (Phi) is 4.26. The van der Waals surface area contributed by atoms with Crippen molar-refractivity contribution in [2.45, 2.75) is 26.3 Å². The van der Waals surface area contributed by atoms with Crippen molar-refractivity contribution in [3.05, 3.63) is 24.0 Å². The number of rotatable bonds is 5. The zero-order chi connectivity index (χ0) is 9.52. The fourth-order valence-corrected chi connectivity index (χ4v) is 1.11. The van der Waals surface area contributed by atoms with Crippen molar-refractivity contribution in [3.63, 3.8) is 0 Å². The Balaban J connectivity index is 2.48. The van der Waals surface area contributed by atoms with Gasteiger partial charge in [0.05, 0.1) is 6.20 Å². The van der Waals surface area contributed by atoms with E-state index in [1.807, 2.05) is 29.2 Å². The van der Waals surface area contributed by atoms with Crippen molar-refractivity contribution < 1.29 is 5.11 Å². The molecule has 1 N–H and O–H groups in total. The summed E-state index contributed by atoms with van der Waals surface area (Å²) in [5, 5.41) is 12.7. The number of aryl methyl sites for hydroxylation is 1. The molecule has 3 nitrogen and oxygen atoms in total. The number of aliphatic hydroxyl groups is 1. The second-order valence-corrected chi connectivity index (χ2v) is 2.95. The molecule has 72 valence electrons. The Morgan fingerprint density at radius 2 is 2.46 bits per heavy atom. The van der Waals surface area contributed by atoms with E-state index in [0.717, 1.165) is 18.5 Å². The Bertz CT molecular complexity index is 266. The highest BCUT2D eigenvalue weighted by molar-refractivity contribution is 5.46. The molecule has 0 aromatic carbocycles. The van der Waals surface area contributed by atoms with Gasteiger partial charge in [0, 0.05) is 24.9 Å². The summed E-state index contributed by atoms with van der Waals surface area (Å²) in [4.78, 5) is 0. The molecule has 1 aromatic rings. The lowest BCUT2D eigenvalue weighted by molar-refractivity contribution is 0.303. The number of nitrogens with zero attached hydrogens (tertiary/aromatic N) is 2. The molecule has 0 fully saturated rings. The van der Waals surface area contributed by atoms with Gasteiger partial charge in [-0.25, -0.2) is 0 Å². The van der Waals surface area contributed by atoms with E-state index >= 15 is 0 Å². The molecule has 0 unspecified atom stereocenters. The molecule has 0 saturated heterocycles. The quantitative estimate of drug-likeness (QED) is 0.748. The number of aliphatic hydroxyl groups excluding tert-OH is 1. The summed E-state index contributed by atoms with van der Waals surface area (Å²) in [5.74, 6) is 0. The van der Waals surface area contributed by atoms with Crippen LogP contribution in [-0.4, -0.2) is 21.5 Å². The zero-order valence-corrected chi connectivity index (χ0v) is 7.98. The zero-order valence-electron chi connectivity index (χ0n) is 7.98. The van der Waals surface area contributed by atoms with Crippen LogP contribution in [0.3, 0.4) is 0 Å². The third-order valence-corrected chi connectivity index (χ3v) is 1.71. The van der Waals surface area contributed by atoms with E-state index < -0.39 is 0 Å². The molecule has 0 aliphatic heterocycles. The molecule has 0 radical (unpaired) electrons. The van der Waals surface area contributed by atoms with Crippen LogP contribution < -0.4 is 0 Å². The molecule has 13 heavy (non-hydrogen) atoms. The molecule has 0 bridgehead atoms. The van der Waals surface area contributed by atoms with Crippen LogP contribution in [0.1, 0.15) is 25.3 Å². The topological polar surface area (TPSA) is 38.0 Å². The number of hydrogen-bond acceptors (Lipinski definition) is 2. The maximum Gasteiger partial charge on any atom is 0.0562 e. The second-order valence-electron chi connectivity index (χ2n) is 2.95. The van der Waals surface area contributed by atoms with E-state index in [-0.39, 0.29) is 6.61 Å². The molecular weight excluding hydrogens is 164 g/mol. The number of hydrogen-bond donors (Lipinski definition) is 1. The summed E-state index contributed by atoms with van der Waals surface area (Å²) in [6.07, 6.45) is 9.59. The SMILES string of the molecule is CCCn1cc(C=CCCO)cn1. The van der Waals surface area contributed by atoms with Gasteiger partial charge < -0.3 is 5.11 Å². The van der Waals surface area contributed by atoms with Gasteiger partial charge in [-0.2, -0.15) is 5.10 Å². The first-order valence-corrected chi connectivity index (χ1v) is 4.66. The Labute approximate surface area is 78.7 Å². The van der Waals surface area contributed by atoms with Gasteiger partial charge in [-0.05, 0) is 12.8 Å². The maximum absolute atomic E-state index is 8.56. The van der Waals surface area contributed by atoms with E-state index in [0.29, 0.717) is 6.42 Å². The Morgan fingerprint density at radius 3 is 3.15 bits per heavy atom. The van der Waals surface area contributed by atoms with Gasteiger partial charge in [0.2, 0.25) is 0 Å². The molecule has 0 amide bonds. The molecule has 0 spiro atoms. The van der Waals surface area contributed by atoms with Crippen LogP contribution in [0.25, 0.3) is 6.08 Å². The lowest BCUT2D eigenvalue weighted by atomic mass is 10.3. The normalized spacial score (nSPS) is 11.2. The van der Waals surface area contributed by atoms with Crippen molar-refractivity contribution in [2.24, 2.45) is 0 Å². The Hall–Kier alpha value is -1.09. The summed E-state index contributed by atoms with van der Waals surface area (Å²) in [7, 11) is 0. The molecule has 0 aliphatic carbocycles. The summed E-state index contributed by atoms with van der Waals surface area (Å²) in [6.45, 7) is 3.30. The molecule has 0 atom stereocenters. The summed E-state index contributed by atoms with van der Waals surface area (Å²) >= 11 is 0. The van der Waals surface area contributed by atoms with Crippen molar-refractivity contribution in [2.75, 3.05) is 6.61 Å². The Morgan fingerprint density at radius 1 is 1.62 bits per heavy atom. The van der Waals surface area contributed by atoms with E-state index in [1.165, 1.54) is 0 Å². The second kappa shape index (κ2) is 5.54. The van der Waals surface area contributed by atoms with Gasteiger partial charge in [0.25, 0.3) is 0 Å². The molecule has 1 aromatic heterocycles. The largest absolute Gasteiger partial charge is 0.396 e. The van der Waals surface area contributed by atoms with Crippen LogP contribution in [0.2, 0.25) is 0 Å². The molecule has 0 saturated carbocycles. The van der Waals surface area contributed by atoms with Crippen molar-refractivity contribution in [1.29, 1.82) is 0 Å². The highest BCUT2D eigenvalue weighted by atomic mass is 16.2. The molecule has 1 heterocycles. The monoisotopic (exact) mass is 180 g/mol. The van der Waals surface area contributed by atoms with Gasteiger partial charge in [-0.1, -0.05) is 19.1 Å². The average molecular weight is 180 g/mol. The third-order valence-electron chi connectivity index (χ3n) is 1.71. The first-order valence-electron chi connectivity index (χ1n) is 4.66. The first kappa shape index (κ1) is 9.99. The lowest BCUT2D eigenvalue weighted by Gasteiger charge is -1.93. The maximum atomic E-state index is 8.56. The van der Waals surface area contributed by atoms with E-state index in [2.05, 4.69) is 12.0 Å². The number of aromatic nitrogens is 2. The summed E-state index contributed by atoms with van der Waals surface area (Å²) in [6, 6.07) is 0. The molecule has 1 rings (SSSR count). The molecule has 0 aliphatic rings. The average Bonchev–Trinajstić information content (AvgIpc) is 2.54. The van der Waals surface area contributed by atoms with Crippen LogP contribution in [0.4, 0.5) is 0 Å². The van der Waals surface area contributed by atoms with E-state index in [4.69, 9.17) is 5.11 Å². The molecular formula is C10H16N2O. The van der Waals surface area contributed by atoms with Gasteiger partial charge in [0.15, 0.2) is 0 Å². The van der Waals surface area contributed by atoms with Gasteiger partial charge >= 0.3 is 0 Å². The highest BCUT2D eigenvalue weighted by Crippen LogP contribution is 2.01. The van der Waals surface area contributed by atoms with Crippen molar-refractivity contribution >= 4 is 6.08 Å². The van der Waals surface area contributed by atoms with Gasteiger partial charge in [0.1, 0.15) is 0 Å². The first-order chi connectivity index (χ1) is 6.36. The van der Waals surface area contributed by atoms with E-state index in [1.54, 1.807) is 0 Å². The third kappa shape index (κ3) is 3.42. The van der Waals surface area contributed by atoms with Gasteiger partial charge in [-0.3, -0.25) is 4.68 Å². The molecule has 3 heteroatoms. The predicted molar refractivity (Wildman–Crippen MR) is 53.3 cm³/mol. The standard InChI is InChI=1S/C10H16N2O/c1-2-6-12-9-10(8-11-12)5-3-4-7-13/h3,5,8-9,13H,2,4,6-7H2,1H3.